The van der Waals surface area contributed by atoms with E-state index >= 15 is 0 Å². The standard InChI is InChI=1S/C14H15FN4O/c1-8-3-4-10(5-11(8)15)9(2)19-14(20)12-6-18-13(16)7-17-12/h3-7,9H,1-2H3,(H2,16,18)(H,19,20). The summed E-state index contributed by atoms with van der Waals surface area (Å²) in [5.41, 5.74) is 6.82. The molecule has 0 radical (unpaired) electrons. The summed E-state index contributed by atoms with van der Waals surface area (Å²) in [5.74, 6) is -0.433. The molecule has 1 heterocycles. The van der Waals surface area contributed by atoms with Crippen LogP contribution < -0.4 is 11.1 Å². The summed E-state index contributed by atoms with van der Waals surface area (Å²) >= 11 is 0. The van der Waals surface area contributed by atoms with Crippen molar-refractivity contribution in [3.05, 3.63) is 53.2 Å². The Labute approximate surface area is 116 Å². The summed E-state index contributed by atoms with van der Waals surface area (Å²) in [6, 6.07) is 4.53. The van der Waals surface area contributed by atoms with Crippen LogP contribution in [0.15, 0.2) is 30.6 Å². The lowest BCUT2D eigenvalue weighted by atomic mass is 10.1. The van der Waals surface area contributed by atoms with Gasteiger partial charge in [0.1, 0.15) is 17.3 Å². The minimum atomic E-state index is -0.383. The zero-order valence-corrected chi connectivity index (χ0v) is 11.2. The van der Waals surface area contributed by atoms with Crippen molar-refractivity contribution in [3.63, 3.8) is 0 Å². The smallest absolute Gasteiger partial charge is 0.271 e. The van der Waals surface area contributed by atoms with Crippen LogP contribution in [-0.4, -0.2) is 15.9 Å². The minimum Gasteiger partial charge on any atom is -0.382 e. The molecule has 20 heavy (non-hydrogen) atoms. The van der Waals surface area contributed by atoms with Crippen LogP contribution in [0.3, 0.4) is 0 Å². The number of aryl methyl sites for hydroxylation is 1. The molecule has 2 aromatic rings. The summed E-state index contributed by atoms with van der Waals surface area (Å²) in [5, 5.41) is 2.73. The second-order valence-corrected chi connectivity index (χ2v) is 4.53. The van der Waals surface area contributed by atoms with Gasteiger partial charge in [-0.25, -0.2) is 14.4 Å². The van der Waals surface area contributed by atoms with E-state index < -0.39 is 0 Å². The second-order valence-electron chi connectivity index (χ2n) is 4.53. The highest BCUT2D eigenvalue weighted by Gasteiger charge is 2.13. The number of benzene rings is 1. The Morgan fingerprint density at radius 3 is 2.70 bits per heavy atom. The number of halogens is 1. The summed E-state index contributed by atoms with van der Waals surface area (Å²) in [6.45, 7) is 3.46. The third-order valence-electron chi connectivity index (χ3n) is 2.95. The number of nitrogens with zero attached hydrogens (tertiary/aromatic N) is 2. The molecule has 0 aliphatic carbocycles. The van der Waals surface area contributed by atoms with Gasteiger partial charge in [0.15, 0.2) is 0 Å². The first-order valence-electron chi connectivity index (χ1n) is 6.12. The van der Waals surface area contributed by atoms with Gasteiger partial charge in [-0.3, -0.25) is 4.79 Å². The van der Waals surface area contributed by atoms with Crippen LogP contribution in [0, 0.1) is 12.7 Å². The van der Waals surface area contributed by atoms with Crippen molar-refractivity contribution in [2.75, 3.05) is 5.73 Å². The maximum absolute atomic E-state index is 13.5. The summed E-state index contributed by atoms with van der Waals surface area (Å²) in [7, 11) is 0. The van der Waals surface area contributed by atoms with Gasteiger partial charge in [0.05, 0.1) is 18.4 Å². The van der Waals surface area contributed by atoms with Gasteiger partial charge >= 0.3 is 0 Å². The lowest BCUT2D eigenvalue weighted by Crippen LogP contribution is -2.27. The fourth-order valence-electron chi connectivity index (χ4n) is 1.69. The van der Waals surface area contributed by atoms with E-state index in [9.17, 15) is 9.18 Å². The summed E-state index contributed by atoms with van der Waals surface area (Å²) in [6.07, 6.45) is 2.61. The molecule has 1 unspecified atom stereocenters. The van der Waals surface area contributed by atoms with Gasteiger partial charge in [-0.1, -0.05) is 12.1 Å². The van der Waals surface area contributed by atoms with Gasteiger partial charge in [0.2, 0.25) is 0 Å². The van der Waals surface area contributed by atoms with E-state index in [0.29, 0.717) is 11.1 Å². The van der Waals surface area contributed by atoms with Gasteiger partial charge in [-0.05, 0) is 31.0 Å². The fourth-order valence-corrected chi connectivity index (χ4v) is 1.69. The Hall–Kier alpha value is -2.50. The molecule has 0 saturated heterocycles. The molecule has 0 saturated carbocycles. The number of anilines is 1. The SMILES string of the molecule is Cc1ccc(C(C)NC(=O)c2cnc(N)cn2)cc1F. The zero-order valence-electron chi connectivity index (χ0n) is 11.2. The number of nitrogens with two attached hydrogens (primary N) is 1. The first-order valence-corrected chi connectivity index (χ1v) is 6.12. The molecule has 0 fully saturated rings. The largest absolute Gasteiger partial charge is 0.382 e. The highest BCUT2D eigenvalue weighted by molar-refractivity contribution is 5.92. The Morgan fingerprint density at radius 2 is 2.10 bits per heavy atom. The predicted octanol–water partition coefficient (Wildman–Crippen LogP) is 2.00. The maximum atomic E-state index is 13.5. The fraction of sp³-hybridized carbons (Fsp3) is 0.214. The van der Waals surface area contributed by atoms with Gasteiger partial charge in [-0.15, -0.1) is 0 Å². The number of hydrogen-bond acceptors (Lipinski definition) is 4. The van der Waals surface area contributed by atoms with Crippen molar-refractivity contribution < 1.29 is 9.18 Å². The number of aromatic nitrogens is 2. The highest BCUT2D eigenvalue weighted by Crippen LogP contribution is 2.16. The van der Waals surface area contributed by atoms with Crippen molar-refractivity contribution in [1.82, 2.24) is 15.3 Å². The molecule has 1 amide bonds. The Bertz CT molecular complexity index is 628. The first-order chi connectivity index (χ1) is 9.47. The van der Waals surface area contributed by atoms with E-state index in [1.54, 1.807) is 26.0 Å². The lowest BCUT2D eigenvalue weighted by Gasteiger charge is -2.14. The van der Waals surface area contributed by atoms with Crippen LogP contribution in [0.25, 0.3) is 0 Å². The summed E-state index contributed by atoms with van der Waals surface area (Å²) in [4.78, 5) is 19.6. The van der Waals surface area contributed by atoms with Crippen LogP contribution in [0.2, 0.25) is 0 Å². The molecular formula is C14H15FN4O. The van der Waals surface area contributed by atoms with Crippen LogP contribution in [0.5, 0.6) is 0 Å². The van der Waals surface area contributed by atoms with Crippen molar-refractivity contribution in [2.45, 2.75) is 19.9 Å². The lowest BCUT2D eigenvalue weighted by molar-refractivity contribution is 0.0934. The number of nitrogen functional groups attached to an aromatic ring is 1. The molecule has 3 N–H and O–H groups in total. The van der Waals surface area contributed by atoms with E-state index in [0.717, 1.165) is 0 Å². The molecule has 1 aromatic carbocycles. The van der Waals surface area contributed by atoms with Crippen LogP contribution in [0.1, 0.15) is 34.6 Å². The minimum absolute atomic E-state index is 0.165. The average Bonchev–Trinajstić information content (AvgIpc) is 2.42. The normalized spacial score (nSPS) is 11.9. The Kier molecular flexibility index (Phi) is 3.93. The zero-order chi connectivity index (χ0) is 14.7. The van der Waals surface area contributed by atoms with E-state index in [4.69, 9.17) is 5.73 Å². The molecule has 0 bridgehead atoms. The van der Waals surface area contributed by atoms with Gasteiger partial charge in [0, 0.05) is 0 Å². The van der Waals surface area contributed by atoms with Gasteiger partial charge in [0.25, 0.3) is 5.91 Å². The number of rotatable bonds is 3. The molecule has 1 aromatic heterocycles. The molecule has 0 spiro atoms. The third kappa shape index (κ3) is 3.09. The third-order valence-corrected chi connectivity index (χ3v) is 2.95. The average molecular weight is 274 g/mol. The van der Waals surface area contributed by atoms with E-state index in [-0.39, 0.29) is 29.3 Å². The number of carbonyl (C=O) groups excluding carboxylic acids is 1. The predicted molar refractivity (Wildman–Crippen MR) is 73.5 cm³/mol. The van der Waals surface area contributed by atoms with Crippen molar-refractivity contribution in [3.8, 4) is 0 Å². The molecular weight excluding hydrogens is 259 g/mol. The molecule has 0 aliphatic rings. The second kappa shape index (κ2) is 5.64. The maximum Gasteiger partial charge on any atom is 0.271 e. The van der Waals surface area contributed by atoms with Crippen LogP contribution in [-0.2, 0) is 0 Å². The topological polar surface area (TPSA) is 80.9 Å². The van der Waals surface area contributed by atoms with E-state index in [2.05, 4.69) is 15.3 Å². The first kappa shape index (κ1) is 13.9. The molecule has 2 rings (SSSR count). The van der Waals surface area contributed by atoms with Gasteiger partial charge in [-0.2, -0.15) is 0 Å². The summed E-state index contributed by atoms with van der Waals surface area (Å²) < 4.78 is 13.5. The number of hydrogen-bond donors (Lipinski definition) is 2. The quantitative estimate of drug-likeness (QED) is 0.897. The van der Waals surface area contributed by atoms with Crippen LogP contribution >= 0.6 is 0 Å². The molecule has 6 heteroatoms. The number of carbonyl (C=O) groups is 1. The number of amides is 1. The Balaban J connectivity index is 2.10. The van der Waals surface area contributed by atoms with Crippen LogP contribution in [0.4, 0.5) is 10.2 Å². The molecule has 0 aliphatic heterocycles. The van der Waals surface area contributed by atoms with Gasteiger partial charge < -0.3 is 11.1 Å². The molecule has 5 nitrogen and oxygen atoms in total. The van der Waals surface area contributed by atoms with Crippen molar-refractivity contribution in [2.24, 2.45) is 0 Å². The van der Waals surface area contributed by atoms with E-state index in [1.807, 2.05) is 0 Å². The number of nitrogens with one attached hydrogen (secondary N) is 1. The van der Waals surface area contributed by atoms with Crippen molar-refractivity contribution >= 4 is 11.7 Å². The Morgan fingerprint density at radius 1 is 1.35 bits per heavy atom. The molecule has 104 valence electrons. The monoisotopic (exact) mass is 274 g/mol. The van der Waals surface area contributed by atoms with Crippen molar-refractivity contribution in [1.29, 1.82) is 0 Å². The van der Waals surface area contributed by atoms with E-state index in [1.165, 1.54) is 18.5 Å². The highest BCUT2D eigenvalue weighted by atomic mass is 19.1. The molecule has 1 atom stereocenters.